The molecular weight excluding hydrogens is 296 g/mol. The summed E-state index contributed by atoms with van der Waals surface area (Å²) in [5, 5.41) is 7.37. The summed E-state index contributed by atoms with van der Waals surface area (Å²) in [6.45, 7) is 0. The van der Waals surface area contributed by atoms with Crippen molar-refractivity contribution in [1.29, 1.82) is 0 Å². The molecule has 1 atom stereocenters. The smallest absolute Gasteiger partial charge is 0.360 e. The van der Waals surface area contributed by atoms with Gasteiger partial charge < -0.3 is 9.47 Å². The minimum atomic E-state index is -1.14. The van der Waals surface area contributed by atoms with E-state index in [2.05, 4.69) is 10.2 Å². The molecule has 2 aromatic carbocycles. The van der Waals surface area contributed by atoms with E-state index in [1.165, 1.54) is 7.11 Å². The van der Waals surface area contributed by atoms with Crippen LogP contribution in [0.4, 0.5) is 0 Å². The molecule has 0 aliphatic heterocycles. The minimum Gasteiger partial charge on any atom is -0.466 e. The number of benzene rings is 2. The van der Waals surface area contributed by atoms with E-state index in [0.29, 0.717) is 16.5 Å². The Kier molecular flexibility index (Phi) is 4.05. The molecule has 6 nitrogen and oxygen atoms in total. The molecule has 0 aliphatic carbocycles. The van der Waals surface area contributed by atoms with E-state index in [-0.39, 0.29) is 5.69 Å². The van der Waals surface area contributed by atoms with E-state index in [1.807, 2.05) is 6.07 Å². The van der Waals surface area contributed by atoms with E-state index in [9.17, 15) is 9.59 Å². The van der Waals surface area contributed by atoms with Gasteiger partial charge in [-0.25, -0.2) is 9.59 Å². The maximum atomic E-state index is 12.4. The first-order valence-electron chi connectivity index (χ1n) is 6.97. The Morgan fingerprint density at radius 2 is 1.74 bits per heavy atom. The molecule has 1 heterocycles. The molecule has 23 heavy (non-hydrogen) atoms. The van der Waals surface area contributed by atoms with Crippen molar-refractivity contribution in [3.8, 4) is 0 Å². The minimum absolute atomic E-state index is 0.130. The topological polar surface area (TPSA) is 81.3 Å². The summed E-state index contributed by atoms with van der Waals surface area (Å²) >= 11 is 0. The van der Waals surface area contributed by atoms with E-state index in [4.69, 9.17) is 9.47 Å². The Morgan fingerprint density at radius 3 is 2.48 bits per heavy atom. The molecule has 1 aromatic heterocycles. The first-order chi connectivity index (χ1) is 11.2. The summed E-state index contributed by atoms with van der Waals surface area (Å²) in [7, 11) is 1.25. The molecule has 116 valence electrons. The Labute approximate surface area is 132 Å². The van der Waals surface area contributed by atoms with E-state index in [0.717, 1.165) is 0 Å². The molecule has 0 saturated heterocycles. The van der Waals surface area contributed by atoms with Gasteiger partial charge in [-0.05, 0) is 6.07 Å². The maximum absolute atomic E-state index is 12.4. The van der Waals surface area contributed by atoms with E-state index < -0.39 is 18.0 Å². The number of para-hydroxylation sites is 1. The fourth-order valence-corrected chi connectivity index (χ4v) is 2.27. The Hall–Kier alpha value is -3.15. The molecule has 0 radical (unpaired) electrons. The van der Waals surface area contributed by atoms with Crippen LogP contribution in [0.3, 0.4) is 0 Å². The van der Waals surface area contributed by atoms with Crippen LogP contribution < -0.4 is 0 Å². The lowest BCUT2D eigenvalue weighted by Gasteiger charge is -2.15. The molecule has 0 amide bonds. The summed E-state index contributed by atoms with van der Waals surface area (Å²) in [6, 6.07) is 15.9. The number of nitrogens with zero attached hydrogens (tertiary/aromatic N) is 1. The van der Waals surface area contributed by atoms with Gasteiger partial charge in [0.05, 0.1) is 12.6 Å². The number of carbonyl (C=O) groups excluding carboxylic acids is 2. The third-order valence-corrected chi connectivity index (χ3v) is 3.41. The van der Waals surface area contributed by atoms with E-state index in [1.54, 1.807) is 48.5 Å². The van der Waals surface area contributed by atoms with Crippen LogP contribution in [0.5, 0.6) is 0 Å². The molecule has 0 bridgehead atoms. The van der Waals surface area contributed by atoms with Crippen LogP contribution in [0.15, 0.2) is 54.6 Å². The van der Waals surface area contributed by atoms with Crippen molar-refractivity contribution in [2.75, 3.05) is 7.11 Å². The normalized spacial score (nSPS) is 11.9. The van der Waals surface area contributed by atoms with Crippen LogP contribution in [0.1, 0.15) is 22.2 Å². The number of ether oxygens (including phenoxy) is 2. The average molecular weight is 310 g/mol. The first-order valence-corrected chi connectivity index (χ1v) is 6.97. The highest BCUT2D eigenvalue weighted by atomic mass is 16.6. The highest BCUT2D eigenvalue weighted by Gasteiger charge is 2.28. The van der Waals surface area contributed by atoms with Crippen molar-refractivity contribution >= 4 is 22.8 Å². The number of esters is 2. The Morgan fingerprint density at radius 1 is 1.04 bits per heavy atom. The monoisotopic (exact) mass is 310 g/mol. The molecule has 3 aromatic rings. The standard InChI is InChI=1S/C17H14N2O4/c1-22-17(21)15(11-7-3-2-4-8-11)23-16(20)14-12-9-5-6-10-13(12)18-19-14/h2-10,15H,1H3,(H,18,19)/t15-/m0/s1. The van der Waals surface area contributed by atoms with Crippen molar-refractivity contribution in [2.24, 2.45) is 0 Å². The zero-order valence-corrected chi connectivity index (χ0v) is 12.4. The Bertz CT molecular complexity index is 842. The van der Waals surface area contributed by atoms with Gasteiger partial charge in [-0.1, -0.05) is 48.5 Å². The second-order valence-corrected chi connectivity index (χ2v) is 4.84. The molecule has 0 fully saturated rings. The van der Waals surface area contributed by atoms with Crippen LogP contribution >= 0.6 is 0 Å². The van der Waals surface area contributed by atoms with Crippen LogP contribution in [0.2, 0.25) is 0 Å². The summed E-state index contributed by atoms with van der Waals surface area (Å²) in [6.07, 6.45) is -1.14. The van der Waals surface area contributed by atoms with Crippen molar-refractivity contribution < 1.29 is 19.1 Å². The number of fused-ring (bicyclic) bond motifs is 1. The summed E-state index contributed by atoms with van der Waals surface area (Å²) in [5.74, 6) is -1.34. The summed E-state index contributed by atoms with van der Waals surface area (Å²) < 4.78 is 10.1. The second-order valence-electron chi connectivity index (χ2n) is 4.84. The number of carbonyl (C=O) groups is 2. The quantitative estimate of drug-likeness (QED) is 0.749. The highest BCUT2D eigenvalue weighted by Crippen LogP contribution is 2.22. The van der Waals surface area contributed by atoms with Gasteiger partial charge in [-0.3, -0.25) is 5.10 Å². The number of hydrogen-bond donors (Lipinski definition) is 1. The van der Waals surface area contributed by atoms with Crippen LogP contribution in [0, 0.1) is 0 Å². The first kappa shape index (κ1) is 14.8. The highest BCUT2D eigenvalue weighted by molar-refractivity contribution is 6.02. The van der Waals surface area contributed by atoms with Gasteiger partial charge in [0.2, 0.25) is 6.10 Å². The second kappa shape index (κ2) is 6.31. The summed E-state index contributed by atoms with van der Waals surface area (Å²) in [4.78, 5) is 24.4. The Balaban J connectivity index is 1.91. The third kappa shape index (κ3) is 2.91. The third-order valence-electron chi connectivity index (χ3n) is 3.41. The van der Waals surface area contributed by atoms with Gasteiger partial charge >= 0.3 is 11.9 Å². The van der Waals surface area contributed by atoms with Crippen molar-refractivity contribution in [3.63, 3.8) is 0 Å². The molecule has 0 aliphatic rings. The number of aromatic amines is 1. The fourth-order valence-electron chi connectivity index (χ4n) is 2.27. The SMILES string of the molecule is COC(=O)[C@@H](OC(=O)c1n[nH]c2ccccc12)c1ccccc1. The van der Waals surface area contributed by atoms with Gasteiger partial charge in [-0.15, -0.1) is 0 Å². The molecular formula is C17H14N2O4. The predicted molar refractivity (Wildman–Crippen MR) is 82.7 cm³/mol. The number of rotatable bonds is 4. The lowest BCUT2D eigenvalue weighted by Crippen LogP contribution is -2.21. The zero-order chi connectivity index (χ0) is 16.2. The van der Waals surface area contributed by atoms with Gasteiger partial charge in [0.25, 0.3) is 0 Å². The molecule has 6 heteroatoms. The number of methoxy groups -OCH3 is 1. The van der Waals surface area contributed by atoms with Crippen LogP contribution in [-0.4, -0.2) is 29.2 Å². The number of hydrogen-bond acceptors (Lipinski definition) is 5. The van der Waals surface area contributed by atoms with Crippen LogP contribution in [-0.2, 0) is 14.3 Å². The predicted octanol–water partition coefficient (Wildman–Crippen LogP) is 2.63. The van der Waals surface area contributed by atoms with Gasteiger partial charge in [-0.2, -0.15) is 5.10 Å². The molecule has 0 unspecified atom stereocenters. The van der Waals surface area contributed by atoms with Gasteiger partial charge in [0.15, 0.2) is 5.69 Å². The number of nitrogens with one attached hydrogen (secondary N) is 1. The average Bonchev–Trinajstić information content (AvgIpc) is 3.04. The molecule has 0 spiro atoms. The largest absolute Gasteiger partial charge is 0.466 e. The van der Waals surface area contributed by atoms with Gasteiger partial charge in [0, 0.05) is 10.9 Å². The van der Waals surface area contributed by atoms with Crippen molar-refractivity contribution in [3.05, 3.63) is 65.9 Å². The maximum Gasteiger partial charge on any atom is 0.360 e. The number of aromatic nitrogens is 2. The molecule has 1 N–H and O–H groups in total. The lowest BCUT2D eigenvalue weighted by molar-refractivity contribution is -0.151. The summed E-state index contributed by atoms with van der Waals surface area (Å²) in [5.41, 5.74) is 1.38. The zero-order valence-electron chi connectivity index (χ0n) is 12.4. The van der Waals surface area contributed by atoms with Crippen molar-refractivity contribution in [2.45, 2.75) is 6.10 Å². The van der Waals surface area contributed by atoms with Gasteiger partial charge in [0.1, 0.15) is 0 Å². The molecule has 0 saturated carbocycles. The molecule has 3 rings (SSSR count). The van der Waals surface area contributed by atoms with Crippen molar-refractivity contribution in [1.82, 2.24) is 10.2 Å². The lowest BCUT2D eigenvalue weighted by atomic mass is 10.1. The fraction of sp³-hybridized carbons (Fsp3) is 0.118. The van der Waals surface area contributed by atoms with Crippen LogP contribution in [0.25, 0.3) is 10.9 Å². The van der Waals surface area contributed by atoms with E-state index >= 15 is 0 Å². The number of H-pyrrole nitrogens is 1.